The Morgan fingerprint density at radius 2 is 1.70 bits per heavy atom. The quantitative estimate of drug-likeness (QED) is 0.814. The van der Waals surface area contributed by atoms with Crippen LogP contribution in [0.5, 0.6) is 0 Å². The van der Waals surface area contributed by atoms with Crippen molar-refractivity contribution in [3.8, 4) is 0 Å². The number of benzene rings is 1. The Kier molecular flexibility index (Phi) is 6.72. The fourth-order valence-corrected chi connectivity index (χ4v) is 3.93. The molecule has 1 unspecified atom stereocenters. The van der Waals surface area contributed by atoms with Gasteiger partial charge < -0.3 is 14.5 Å². The maximum atomic E-state index is 12.7. The van der Waals surface area contributed by atoms with Gasteiger partial charge in [-0.2, -0.15) is 0 Å². The smallest absolute Gasteiger partial charge is 0.409 e. The third-order valence-electron chi connectivity index (χ3n) is 5.44. The summed E-state index contributed by atoms with van der Waals surface area (Å²) < 4.78 is 5.02. The first-order chi connectivity index (χ1) is 13.1. The minimum atomic E-state index is -0.291. The molecule has 0 aromatic heterocycles. The SMILES string of the molecule is CCOC(=O)N1CCN(C(=O)c2ccc(CN3CCCC(C)C3)cc2)CC1. The highest BCUT2D eigenvalue weighted by Gasteiger charge is 2.25. The van der Waals surface area contributed by atoms with Gasteiger partial charge >= 0.3 is 6.09 Å². The second-order valence-corrected chi connectivity index (χ2v) is 7.66. The molecule has 2 aliphatic rings. The second kappa shape index (κ2) is 9.22. The second-order valence-electron chi connectivity index (χ2n) is 7.66. The Morgan fingerprint density at radius 3 is 2.33 bits per heavy atom. The maximum Gasteiger partial charge on any atom is 0.409 e. The zero-order valence-corrected chi connectivity index (χ0v) is 16.5. The number of carbonyl (C=O) groups is 2. The third-order valence-corrected chi connectivity index (χ3v) is 5.44. The summed E-state index contributed by atoms with van der Waals surface area (Å²) >= 11 is 0. The number of rotatable bonds is 4. The van der Waals surface area contributed by atoms with Gasteiger partial charge in [-0.1, -0.05) is 19.1 Å². The van der Waals surface area contributed by atoms with Gasteiger partial charge in [0.15, 0.2) is 0 Å². The van der Waals surface area contributed by atoms with Gasteiger partial charge in [-0.3, -0.25) is 9.69 Å². The van der Waals surface area contributed by atoms with Gasteiger partial charge in [0.2, 0.25) is 0 Å². The first-order valence-electron chi connectivity index (χ1n) is 10.1. The van der Waals surface area contributed by atoms with E-state index in [2.05, 4.69) is 24.0 Å². The van der Waals surface area contributed by atoms with Crippen molar-refractivity contribution in [3.63, 3.8) is 0 Å². The number of hydrogen-bond acceptors (Lipinski definition) is 4. The summed E-state index contributed by atoms with van der Waals surface area (Å²) in [5.41, 5.74) is 1.98. The molecule has 2 amide bonds. The minimum Gasteiger partial charge on any atom is -0.450 e. The van der Waals surface area contributed by atoms with E-state index in [4.69, 9.17) is 4.74 Å². The van der Waals surface area contributed by atoms with Gasteiger partial charge in [0.05, 0.1) is 6.61 Å². The van der Waals surface area contributed by atoms with Crippen molar-refractivity contribution in [1.82, 2.24) is 14.7 Å². The molecule has 0 bridgehead atoms. The lowest BCUT2D eigenvalue weighted by atomic mass is 9.99. The van der Waals surface area contributed by atoms with E-state index in [1.807, 2.05) is 17.0 Å². The van der Waals surface area contributed by atoms with E-state index < -0.39 is 0 Å². The molecule has 1 atom stereocenters. The number of carbonyl (C=O) groups excluding carboxylic acids is 2. The fraction of sp³-hybridized carbons (Fsp3) is 0.619. The predicted octanol–water partition coefficient (Wildman–Crippen LogP) is 2.83. The van der Waals surface area contributed by atoms with E-state index >= 15 is 0 Å². The highest BCUT2D eigenvalue weighted by atomic mass is 16.6. The molecule has 2 aliphatic heterocycles. The molecule has 2 heterocycles. The maximum absolute atomic E-state index is 12.7. The monoisotopic (exact) mass is 373 g/mol. The summed E-state index contributed by atoms with van der Waals surface area (Å²) in [5, 5.41) is 0. The van der Waals surface area contributed by atoms with Crippen LogP contribution < -0.4 is 0 Å². The van der Waals surface area contributed by atoms with Crippen LogP contribution in [0.25, 0.3) is 0 Å². The Labute approximate surface area is 162 Å². The van der Waals surface area contributed by atoms with E-state index in [-0.39, 0.29) is 12.0 Å². The van der Waals surface area contributed by atoms with Crippen molar-refractivity contribution in [1.29, 1.82) is 0 Å². The van der Waals surface area contributed by atoms with Crippen LogP contribution in [-0.4, -0.2) is 72.6 Å². The Bertz CT molecular complexity index is 639. The van der Waals surface area contributed by atoms with Crippen LogP contribution in [0.15, 0.2) is 24.3 Å². The van der Waals surface area contributed by atoms with Crippen LogP contribution in [0.1, 0.15) is 42.6 Å². The number of nitrogens with zero attached hydrogens (tertiary/aromatic N) is 3. The highest BCUT2D eigenvalue weighted by molar-refractivity contribution is 5.94. The lowest BCUT2D eigenvalue weighted by Gasteiger charge is -2.34. The van der Waals surface area contributed by atoms with E-state index in [9.17, 15) is 9.59 Å². The van der Waals surface area contributed by atoms with Crippen LogP contribution >= 0.6 is 0 Å². The zero-order valence-electron chi connectivity index (χ0n) is 16.5. The molecule has 148 valence electrons. The molecule has 27 heavy (non-hydrogen) atoms. The molecule has 1 aromatic carbocycles. The van der Waals surface area contributed by atoms with Crippen molar-refractivity contribution >= 4 is 12.0 Å². The third kappa shape index (κ3) is 5.22. The zero-order chi connectivity index (χ0) is 19.2. The fourth-order valence-electron chi connectivity index (χ4n) is 3.93. The summed E-state index contributed by atoms with van der Waals surface area (Å²) in [6, 6.07) is 8.01. The highest BCUT2D eigenvalue weighted by Crippen LogP contribution is 2.18. The molecular weight excluding hydrogens is 342 g/mol. The van der Waals surface area contributed by atoms with Gasteiger partial charge in [-0.25, -0.2) is 4.79 Å². The average molecular weight is 373 g/mol. The van der Waals surface area contributed by atoms with Crippen LogP contribution in [0, 0.1) is 5.92 Å². The van der Waals surface area contributed by atoms with Gasteiger partial charge in [0.1, 0.15) is 0 Å². The predicted molar refractivity (Wildman–Crippen MR) is 105 cm³/mol. The Balaban J connectivity index is 1.51. The first-order valence-corrected chi connectivity index (χ1v) is 10.1. The number of ether oxygens (including phenoxy) is 1. The van der Waals surface area contributed by atoms with E-state index in [1.165, 1.54) is 18.4 Å². The van der Waals surface area contributed by atoms with Crippen LogP contribution in [0.4, 0.5) is 4.79 Å². The number of likely N-dealkylation sites (tertiary alicyclic amines) is 1. The molecule has 2 saturated heterocycles. The van der Waals surface area contributed by atoms with Crippen LogP contribution in [0.2, 0.25) is 0 Å². The molecule has 1 aromatic rings. The van der Waals surface area contributed by atoms with E-state index in [0.29, 0.717) is 32.8 Å². The number of piperidine rings is 1. The van der Waals surface area contributed by atoms with Crippen molar-refractivity contribution in [2.24, 2.45) is 5.92 Å². The van der Waals surface area contributed by atoms with E-state index in [1.54, 1.807) is 11.8 Å². The van der Waals surface area contributed by atoms with Crippen molar-refractivity contribution < 1.29 is 14.3 Å². The largest absolute Gasteiger partial charge is 0.450 e. The standard InChI is InChI=1S/C21H31N3O3/c1-3-27-21(26)24-13-11-23(12-14-24)20(25)19-8-6-18(7-9-19)16-22-10-4-5-17(2)15-22/h6-9,17H,3-5,10-16H2,1-2H3. The molecule has 2 fully saturated rings. The number of piperazine rings is 1. The van der Waals surface area contributed by atoms with E-state index in [0.717, 1.165) is 31.1 Å². The lowest BCUT2D eigenvalue weighted by Crippen LogP contribution is -2.50. The Morgan fingerprint density at radius 1 is 1.04 bits per heavy atom. The average Bonchev–Trinajstić information content (AvgIpc) is 2.68. The van der Waals surface area contributed by atoms with Crippen LogP contribution in [0.3, 0.4) is 0 Å². The summed E-state index contributed by atoms with van der Waals surface area (Å²) in [6.07, 6.45) is 2.31. The molecule has 0 radical (unpaired) electrons. The summed E-state index contributed by atoms with van der Waals surface area (Å²) in [4.78, 5) is 30.5. The molecular formula is C21H31N3O3. The molecule has 6 nitrogen and oxygen atoms in total. The molecule has 0 saturated carbocycles. The van der Waals surface area contributed by atoms with Gasteiger partial charge in [0.25, 0.3) is 5.91 Å². The van der Waals surface area contributed by atoms with Gasteiger partial charge in [0, 0.05) is 44.8 Å². The molecule has 0 spiro atoms. The summed E-state index contributed by atoms with van der Waals surface area (Å²) in [7, 11) is 0. The lowest BCUT2D eigenvalue weighted by molar-refractivity contribution is 0.0570. The summed E-state index contributed by atoms with van der Waals surface area (Å²) in [6.45, 7) is 9.91. The normalized spacial score (nSPS) is 21.2. The van der Waals surface area contributed by atoms with Crippen molar-refractivity contribution in [2.45, 2.75) is 33.2 Å². The number of amides is 2. The molecule has 6 heteroatoms. The Hall–Kier alpha value is -2.08. The molecule has 0 N–H and O–H groups in total. The first kappa shape index (κ1) is 19.7. The number of hydrogen-bond donors (Lipinski definition) is 0. The van der Waals surface area contributed by atoms with Crippen molar-refractivity contribution in [2.75, 3.05) is 45.9 Å². The minimum absolute atomic E-state index is 0.0386. The van der Waals surface area contributed by atoms with Gasteiger partial charge in [-0.15, -0.1) is 0 Å². The van der Waals surface area contributed by atoms with Crippen LogP contribution in [-0.2, 0) is 11.3 Å². The summed E-state index contributed by atoms with van der Waals surface area (Å²) in [5.74, 6) is 0.810. The molecule has 0 aliphatic carbocycles. The van der Waals surface area contributed by atoms with Gasteiger partial charge in [-0.05, 0) is 49.9 Å². The van der Waals surface area contributed by atoms with Crippen molar-refractivity contribution in [3.05, 3.63) is 35.4 Å². The topological polar surface area (TPSA) is 53.1 Å². The molecule has 3 rings (SSSR count).